The maximum atomic E-state index is 12.8. The molecule has 0 saturated heterocycles. The molecule has 0 amide bonds. The van der Waals surface area contributed by atoms with Crippen molar-refractivity contribution in [2.45, 2.75) is 25.7 Å². The molecule has 0 fully saturated rings. The van der Waals surface area contributed by atoms with E-state index in [2.05, 4.69) is 10.6 Å². The largest absolute Gasteiger partial charge is 0.497 e. The SMILES string of the molecule is CCN(CC)S(=O)(=O)c1ccc(C)c(NC(=S)Nc2cc(OC)ccc2OC)c1. The molecule has 0 aliphatic rings. The highest BCUT2D eigenvalue weighted by Crippen LogP contribution is 2.29. The fraction of sp³-hybridized carbons (Fsp3) is 0.350. The van der Waals surface area contributed by atoms with Gasteiger partial charge in [0.05, 0.1) is 24.8 Å². The van der Waals surface area contributed by atoms with Gasteiger partial charge in [-0.15, -0.1) is 0 Å². The number of aryl methyl sites for hydroxylation is 1. The highest BCUT2D eigenvalue weighted by molar-refractivity contribution is 7.89. The van der Waals surface area contributed by atoms with E-state index in [1.807, 2.05) is 20.8 Å². The molecule has 0 unspecified atom stereocenters. The number of sulfonamides is 1. The van der Waals surface area contributed by atoms with Crippen LogP contribution in [0.25, 0.3) is 0 Å². The first-order valence-corrected chi connectivity index (χ1v) is 11.0. The smallest absolute Gasteiger partial charge is 0.243 e. The molecule has 0 aromatic heterocycles. The number of nitrogens with zero attached hydrogens (tertiary/aromatic N) is 1. The van der Waals surface area contributed by atoms with E-state index >= 15 is 0 Å². The molecule has 0 aliphatic heterocycles. The van der Waals surface area contributed by atoms with Crippen LogP contribution in [0.3, 0.4) is 0 Å². The monoisotopic (exact) mass is 437 g/mol. The Morgan fingerprint density at radius 2 is 1.66 bits per heavy atom. The molecule has 0 saturated carbocycles. The summed E-state index contributed by atoms with van der Waals surface area (Å²) in [7, 11) is -0.420. The predicted octanol–water partition coefficient (Wildman–Crippen LogP) is 3.85. The molecule has 29 heavy (non-hydrogen) atoms. The van der Waals surface area contributed by atoms with Crippen molar-refractivity contribution in [2.24, 2.45) is 0 Å². The number of rotatable bonds is 8. The van der Waals surface area contributed by atoms with Gasteiger partial charge in [-0.05, 0) is 49.0 Å². The Hall–Kier alpha value is -2.36. The van der Waals surface area contributed by atoms with E-state index in [9.17, 15) is 8.42 Å². The van der Waals surface area contributed by atoms with Gasteiger partial charge in [-0.3, -0.25) is 0 Å². The van der Waals surface area contributed by atoms with E-state index in [1.54, 1.807) is 50.6 Å². The van der Waals surface area contributed by atoms with Gasteiger partial charge in [0.1, 0.15) is 11.5 Å². The van der Waals surface area contributed by atoms with Gasteiger partial charge in [0.25, 0.3) is 0 Å². The number of ether oxygens (including phenoxy) is 2. The number of nitrogens with one attached hydrogen (secondary N) is 2. The quantitative estimate of drug-likeness (QED) is 0.607. The second-order valence-electron chi connectivity index (χ2n) is 6.21. The molecule has 7 nitrogen and oxygen atoms in total. The summed E-state index contributed by atoms with van der Waals surface area (Å²) < 4.78 is 37.6. The lowest BCUT2D eigenvalue weighted by atomic mass is 10.2. The van der Waals surface area contributed by atoms with Crippen molar-refractivity contribution < 1.29 is 17.9 Å². The van der Waals surface area contributed by atoms with Crippen LogP contribution in [0.15, 0.2) is 41.3 Å². The highest BCUT2D eigenvalue weighted by Gasteiger charge is 2.22. The molecule has 0 radical (unpaired) electrons. The molecule has 2 aromatic carbocycles. The highest BCUT2D eigenvalue weighted by atomic mass is 32.2. The molecule has 0 spiro atoms. The van der Waals surface area contributed by atoms with Crippen LogP contribution in [0.4, 0.5) is 11.4 Å². The van der Waals surface area contributed by atoms with Crippen LogP contribution in [0, 0.1) is 6.92 Å². The van der Waals surface area contributed by atoms with E-state index < -0.39 is 10.0 Å². The molecular formula is C20H27N3O4S2. The standard InChI is InChI=1S/C20H27N3O4S2/c1-6-23(7-2)29(24,25)16-10-8-14(3)17(13-16)21-20(28)22-18-12-15(26-4)9-11-19(18)27-5/h8-13H,6-7H2,1-5H3,(H2,21,22,28). The summed E-state index contributed by atoms with van der Waals surface area (Å²) in [5, 5.41) is 6.45. The Balaban J connectivity index is 2.27. The van der Waals surface area contributed by atoms with Gasteiger partial charge in [-0.25, -0.2) is 8.42 Å². The van der Waals surface area contributed by atoms with Crippen molar-refractivity contribution in [1.82, 2.24) is 4.31 Å². The lowest BCUT2D eigenvalue weighted by molar-refractivity contribution is 0.405. The molecule has 0 bridgehead atoms. The lowest BCUT2D eigenvalue weighted by Gasteiger charge is -2.20. The van der Waals surface area contributed by atoms with Crippen LogP contribution in [-0.4, -0.2) is 45.1 Å². The first kappa shape index (κ1) is 22.9. The lowest BCUT2D eigenvalue weighted by Crippen LogP contribution is -2.30. The van der Waals surface area contributed by atoms with Gasteiger partial charge in [0, 0.05) is 24.8 Å². The Morgan fingerprint density at radius 3 is 2.24 bits per heavy atom. The van der Waals surface area contributed by atoms with Crippen LogP contribution >= 0.6 is 12.2 Å². The van der Waals surface area contributed by atoms with Gasteiger partial charge >= 0.3 is 0 Å². The summed E-state index contributed by atoms with van der Waals surface area (Å²) in [5.74, 6) is 1.25. The summed E-state index contributed by atoms with van der Waals surface area (Å²) in [4.78, 5) is 0.219. The summed E-state index contributed by atoms with van der Waals surface area (Å²) in [6, 6.07) is 10.3. The summed E-state index contributed by atoms with van der Waals surface area (Å²) in [6.45, 7) is 6.32. The fourth-order valence-electron chi connectivity index (χ4n) is 2.80. The van der Waals surface area contributed by atoms with Gasteiger partial charge in [0.2, 0.25) is 10.0 Å². The third kappa shape index (κ3) is 5.37. The Labute approximate surface area is 178 Å². The second kappa shape index (κ2) is 9.91. The van der Waals surface area contributed by atoms with Crippen LogP contribution in [0.5, 0.6) is 11.5 Å². The molecule has 0 heterocycles. The molecule has 2 rings (SSSR count). The number of thiocarbonyl (C=S) groups is 1. The summed E-state index contributed by atoms with van der Waals surface area (Å²) >= 11 is 5.42. The Morgan fingerprint density at radius 1 is 1.00 bits per heavy atom. The zero-order valence-electron chi connectivity index (χ0n) is 17.3. The predicted molar refractivity (Wildman–Crippen MR) is 121 cm³/mol. The van der Waals surface area contributed by atoms with Gasteiger partial charge < -0.3 is 20.1 Å². The maximum Gasteiger partial charge on any atom is 0.243 e. The summed E-state index contributed by atoms with van der Waals surface area (Å²) in [5.41, 5.74) is 2.11. The van der Waals surface area contributed by atoms with Crippen molar-refractivity contribution in [2.75, 3.05) is 37.9 Å². The fourth-order valence-corrected chi connectivity index (χ4v) is 4.50. The van der Waals surface area contributed by atoms with E-state index in [1.165, 1.54) is 4.31 Å². The van der Waals surface area contributed by atoms with Crippen molar-refractivity contribution in [1.29, 1.82) is 0 Å². The molecule has 158 valence electrons. The second-order valence-corrected chi connectivity index (χ2v) is 8.56. The molecule has 2 aromatic rings. The van der Waals surface area contributed by atoms with E-state index in [-0.39, 0.29) is 4.90 Å². The Bertz CT molecular complexity index is 974. The minimum Gasteiger partial charge on any atom is -0.497 e. The van der Waals surface area contributed by atoms with E-state index in [0.29, 0.717) is 41.1 Å². The average molecular weight is 438 g/mol. The van der Waals surface area contributed by atoms with Crippen molar-refractivity contribution >= 4 is 38.7 Å². The third-order valence-electron chi connectivity index (χ3n) is 4.46. The van der Waals surface area contributed by atoms with E-state index in [0.717, 1.165) is 5.56 Å². The number of hydrogen-bond acceptors (Lipinski definition) is 5. The average Bonchev–Trinajstić information content (AvgIpc) is 2.70. The van der Waals surface area contributed by atoms with Crippen molar-refractivity contribution in [3.05, 3.63) is 42.0 Å². The number of hydrogen-bond donors (Lipinski definition) is 2. The number of benzene rings is 2. The zero-order chi connectivity index (χ0) is 21.6. The van der Waals surface area contributed by atoms with Crippen molar-refractivity contribution in [3.63, 3.8) is 0 Å². The first-order valence-electron chi connectivity index (χ1n) is 9.17. The molecule has 2 N–H and O–H groups in total. The van der Waals surface area contributed by atoms with Gasteiger partial charge in [-0.2, -0.15) is 4.31 Å². The van der Waals surface area contributed by atoms with Crippen LogP contribution in [0.2, 0.25) is 0 Å². The Kier molecular flexibility index (Phi) is 7.83. The van der Waals surface area contributed by atoms with Crippen LogP contribution < -0.4 is 20.1 Å². The number of methoxy groups -OCH3 is 2. The van der Waals surface area contributed by atoms with Gasteiger partial charge in [-0.1, -0.05) is 19.9 Å². The minimum atomic E-state index is -3.56. The maximum absolute atomic E-state index is 12.8. The molecule has 0 aliphatic carbocycles. The van der Waals surface area contributed by atoms with Crippen LogP contribution in [0.1, 0.15) is 19.4 Å². The molecular weight excluding hydrogens is 410 g/mol. The molecule has 9 heteroatoms. The van der Waals surface area contributed by atoms with Gasteiger partial charge in [0.15, 0.2) is 5.11 Å². The van der Waals surface area contributed by atoms with E-state index in [4.69, 9.17) is 21.7 Å². The summed E-state index contributed by atoms with van der Waals surface area (Å²) in [6.07, 6.45) is 0. The zero-order valence-corrected chi connectivity index (χ0v) is 18.9. The molecule has 0 atom stereocenters. The van der Waals surface area contributed by atoms with Crippen LogP contribution in [-0.2, 0) is 10.0 Å². The third-order valence-corrected chi connectivity index (χ3v) is 6.71. The number of anilines is 2. The minimum absolute atomic E-state index is 0.219. The normalized spacial score (nSPS) is 11.2. The topological polar surface area (TPSA) is 79.9 Å². The van der Waals surface area contributed by atoms with Crippen molar-refractivity contribution in [3.8, 4) is 11.5 Å². The first-order chi connectivity index (χ1) is 13.8.